The predicted octanol–water partition coefficient (Wildman–Crippen LogP) is 1.38. The third-order valence-corrected chi connectivity index (χ3v) is 2.86. The Morgan fingerprint density at radius 2 is 2.00 bits per heavy atom. The van der Waals surface area contributed by atoms with E-state index in [4.69, 9.17) is 5.73 Å². The van der Waals surface area contributed by atoms with Gasteiger partial charge in [0, 0.05) is 30.7 Å². The number of nitrogens with zero attached hydrogens (tertiary/aromatic N) is 2. The Morgan fingerprint density at radius 3 is 2.80 bits per heavy atom. The lowest BCUT2D eigenvalue weighted by molar-refractivity contribution is 0.516. The summed E-state index contributed by atoms with van der Waals surface area (Å²) >= 11 is 0. The van der Waals surface area contributed by atoms with Crippen LogP contribution in [0.1, 0.15) is 0 Å². The van der Waals surface area contributed by atoms with E-state index >= 15 is 0 Å². The zero-order chi connectivity index (χ0) is 10.3. The quantitative estimate of drug-likeness (QED) is 0.754. The molecule has 2 heterocycles. The Hall–Kier alpha value is -1.61. The fourth-order valence-electron chi connectivity index (χ4n) is 2.04. The van der Waals surface area contributed by atoms with Crippen LogP contribution < -0.4 is 10.6 Å². The van der Waals surface area contributed by atoms with Gasteiger partial charge in [-0.2, -0.15) is 0 Å². The van der Waals surface area contributed by atoms with Crippen LogP contribution in [0.15, 0.2) is 36.5 Å². The number of benzene rings is 1. The molecule has 2 N–H and O–H groups in total. The fourth-order valence-corrected chi connectivity index (χ4v) is 2.04. The Labute approximate surface area is 88.5 Å². The van der Waals surface area contributed by atoms with Gasteiger partial charge in [-0.1, -0.05) is 24.3 Å². The molecule has 0 bridgehead atoms. The lowest BCUT2D eigenvalue weighted by atomic mass is 10.1. The molecule has 3 nitrogen and oxygen atoms in total. The molecular formula is C12H13N3. The van der Waals surface area contributed by atoms with E-state index in [0.29, 0.717) is 6.04 Å². The largest absolute Gasteiger partial charge is 0.353 e. The first-order chi connectivity index (χ1) is 7.34. The molecule has 1 fully saturated rings. The smallest absolute Gasteiger partial charge is 0.136 e. The SMILES string of the molecule is NC1CN(c2nccc3ccccc23)C1. The van der Waals surface area contributed by atoms with Crippen molar-refractivity contribution in [3.8, 4) is 0 Å². The first kappa shape index (κ1) is 8.68. The van der Waals surface area contributed by atoms with Gasteiger partial charge < -0.3 is 10.6 Å². The zero-order valence-corrected chi connectivity index (χ0v) is 8.43. The van der Waals surface area contributed by atoms with E-state index in [2.05, 4.69) is 22.0 Å². The van der Waals surface area contributed by atoms with E-state index in [9.17, 15) is 0 Å². The fraction of sp³-hybridized carbons (Fsp3) is 0.250. The molecular weight excluding hydrogens is 186 g/mol. The Kier molecular flexibility index (Phi) is 1.86. The van der Waals surface area contributed by atoms with Gasteiger partial charge in [0.2, 0.25) is 0 Å². The van der Waals surface area contributed by atoms with Gasteiger partial charge in [-0.3, -0.25) is 0 Å². The van der Waals surface area contributed by atoms with E-state index < -0.39 is 0 Å². The standard InChI is InChI=1S/C12H13N3/c13-10-7-15(8-10)12-11-4-2-1-3-9(11)5-6-14-12/h1-6,10H,7-8,13H2. The summed E-state index contributed by atoms with van der Waals surface area (Å²) in [6.07, 6.45) is 1.86. The minimum absolute atomic E-state index is 0.311. The van der Waals surface area contributed by atoms with Crippen LogP contribution in [0.2, 0.25) is 0 Å². The second-order valence-corrected chi connectivity index (χ2v) is 4.02. The van der Waals surface area contributed by atoms with Gasteiger partial charge in [0.05, 0.1) is 0 Å². The number of aromatic nitrogens is 1. The maximum absolute atomic E-state index is 5.78. The average Bonchev–Trinajstić information content (AvgIpc) is 2.24. The molecule has 0 radical (unpaired) electrons. The Bertz CT molecular complexity index is 484. The molecule has 3 heteroatoms. The summed E-state index contributed by atoms with van der Waals surface area (Å²) in [6, 6.07) is 10.7. The lowest BCUT2D eigenvalue weighted by Gasteiger charge is -2.38. The molecule has 15 heavy (non-hydrogen) atoms. The molecule has 1 aromatic carbocycles. The lowest BCUT2D eigenvalue weighted by Crippen LogP contribution is -2.56. The van der Waals surface area contributed by atoms with Gasteiger partial charge in [0.15, 0.2) is 0 Å². The molecule has 1 aromatic heterocycles. The highest BCUT2D eigenvalue weighted by atomic mass is 15.3. The highest BCUT2D eigenvalue weighted by molar-refractivity contribution is 5.92. The molecule has 76 valence electrons. The highest BCUT2D eigenvalue weighted by Crippen LogP contribution is 2.26. The number of hydrogen-bond donors (Lipinski definition) is 1. The van der Waals surface area contributed by atoms with E-state index in [-0.39, 0.29) is 0 Å². The van der Waals surface area contributed by atoms with Crippen molar-refractivity contribution in [3.05, 3.63) is 36.5 Å². The maximum atomic E-state index is 5.78. The highest BCUT2D eigenvalue weighted by Gasteiger charge is 2.25. The molecule has 0 atom stereocenters. The Morgan fingerprint density at radius 1 is 1.20 bits per heavy atom. The van der Waals surface area contributed by atoms with Crippen LogP contribution in [0.4, 0.5) is 5.82 Å². The van der Waals surface area contributed by atoms with Gasteiger partial charge >= 0.3 is 0 Å². The second kappa shape index (κ2) is 3.21. The number of hydrogen-bond acceptors (Lipinski definition) is 3. The van der Waals surface area contributed by atoms with Crippen molar-refractivity contribution in [1.82, 2.24) is 4.98 Å². The minimum atomic E-state index is 0.311. The number of nitrogens with two attached hydrogens (primary N) is 1. The first-order valence-electron chi connectivity index (χ1n) is 5.19. The van der Waals surface area contributed by atoms with Crippen LogP contribution in [-0.4, -0.2) is 24.1 Å². The third-order valence-electron chi connectivity index (χ3n) is 2.86. The zero-order valence-electron chi connectivity index (χ0n) is 8.43. The number of anilines is 1. The third kappa shape index (κ3) is 1.36. The molecule has 1 saturated heterocycles. The molecule has 2 aromatic rings. The Balaban J connectivity index is 2.10. The van der Waals surface area contributed by atoms with Crippen LogP contribution in [0.25, 0.3) is 10.8 Å². The van der Waals surface area contributed by atoms with E-state index in [1.807, 2.05) is 24.4 Å². The first-order valence-corrected chi connectivity index (χ1v) is 5.19. The van der Waals surface area contributed by atoms with Crippen molar-refractivity contribution in [1.29, 1.82) is 0 Å². The summed E-state index contributed by atoms with van der Waals surface area (Å²) in [5.74, 6) is 1.06. The summed E-state index contributed by atoms with van der Waals surface area (Å²) < 4.78 is 0. The average molecular weight is 199 g/mol. The van der Waals surface area contributed by atoms with Gasteiger partial charge in [0.25, 0.3) is 0 Å². The molecule has 0 amide bonds. The summed E-state index contributed by atoms with van der Waals surface area (Å²) in [5.41, 5.74) is 5.78. The maximum Gasteiger partial charge on any atom is 0.136 e. The van der Waals surface area contributed by atoms with Crippen LogP contribution in [0.5, 0.6) is 0 Å². The van der Waals surface area contributed by atoms with Crippen molar-refractivity contribution in [2.45, 2.75) is 6.04 Å². The van der Waals surface area contributed by atoms with Crippen molar-refractivity contribution in [2.24, 2.45) is 5.73 Å². The van der Waals surface area contributed by atoms with Gasteiger partial charge in [0.1, 0.15) is 5.82 Å². The second-order valence-electron chi connectivity index (χ2n) is 4.02. The number of fused-ring (bicyclic) bond motifs is 1. The van der Waals surface area contributed by atoms with E-state index in [1.165, 1.54) is 10.8 Å². The molecule has 0 unspecified atom stereocenters. The summed E-state index contributed by atoms with van der Waals surface area (Å²) in [4.78, 5) is 6.66. The van der Waals surface area contributed by atoms with Gasteiger partial charge in [-0.25, -0.2) is 4.98 Å². The summed E-state index contributed by atoms with van der Waals surface area (Å²) in [5, 5.41) is 2.45. The molecule has 1 aliphatic rings. The monoisotopic (exact) mass is 199 g/mol. The van der Waals surface area contributed by atoms with Gasteiger partial charge in [-0.15, -0.1) is 0 Å². The molecule has 3 rings (SSSR count). The van der Waals surface area contributed by atoms with Crippen LogP contribution in [0.3, 0.4) is 0 Å². The van der Waals surface area contributed by atoms with Gasteiger partial charge in [-0.05, 0) is 11.5 Å². The van der Waals surface area contributed by atoms with Crippen molar-refractivity contribution < 1.29 is 0 Å². The summed E-state index contributed by atoms with van der Waals surface area (Å²) in [7, 11) is 0. The normalized spacial score (nSPS) is 16.7. The minimum Gasteiger partial charge on any atom is -0.353 e. The van der Waals surface area contributed by atoms with Crippen LogP contribution >= 0.6 is 0 Å². The molecule has 0 spiro atoms. The van der Waals surface area contributed by atoms with E-state index in [1.54, 1.807) is 0 Å². The van der Waals surface area contributed by atoms with Crippen LogP contribution in [-0.2, 0) is 0 Å². The molecule has 0 aliphatic carbocycles. The van der Waals surface area contributed by atoms with Crippen molar-refractivity contribution in [3.63, 3.8) is 0 Å². The summed E-state index contributed by atoms with van der Waals surface area (Å²) in [6.45, 7) is 1.84. The van der Waals surface area contributed by atoms with Crippen molar-refractivity contribution in [2.75, 3.05) is 18.0 Å². The number of rotatable bonds is 1. The predicted molar refractivity (Wildman–Crippen MR) is 61.9 cm³/mol. The van der Waals surface area contributed by atoms with E-state index in [0.717, 1.165) is 18.9 Å². The molecule has 0 saturated carbocycles. The molecule has 1 aliphatic heterocycles. The number of pyridine rings is 1. The van der Waals surface area contributed by atoms with Crippen LogP contribution in [0, 0.1) is 0 Å². The topological polar surface area (TPSA) is 42.1 Å². The van der Waals surface area contributed by atoms with Crippen molar-refractivity contribution >= 4 is 16.6 Å².